The second-order valence-electron chi connectivity index (χ2n) is 2.59. The lowest BCUT2D eigenvalue weighted by Crippen LogP contribution is -2.04. The van der Waals surface area contributed by atoms with Crippen molar-refractivity contribution in [3.8, 4) is 0 Å². The van der Waals surface area contributed by atoms with Gasteiger partial charge < -0.3 is 5.32 Å². The van der Waals surface area contributed by atoms with Crippen molar-refractivity contribution in [3.63, 3.8) is 0 Å². The molecule has 0 saturated carbocycles. The second kappa shape index (κ2) is 4.43. The van der Waals surface area contributed by atoms with Gasteiger partial charge in [-0.2, -0.15) is 0 Å². The topological polar surface area (TPSA) is 12.0 Å². The van der Waals surface area contributed by atoms with Gasteiger partial charge in [0.15, 0.2) is 0 Å². The largest absolute Gasteiger partial charge is 0.316 e. The summed E-state index contributed by atoms with van der Waals surface area (Å²) in [7, 11) is 1.86. The van der Waals surface area contributed by atoms with E-state index in [1.54, 1.807) is 12.1 Å². The van der Waals surface area contributed by atoms with Crippen LogP contribution in [0.25, 0.3) is 0 Å². The van der Waals surface area contributed by atoms with Gasteiger partial charge in [-0.05, 0) is 18.7 Å². The number of hydrogen-bond acceptors (Lipinski definition) is 1. The minimum absolute atomic E-state index is 0.501. The van der Waals surface area contributed by atoms with Gasteiger partial charge in [-0.1, -0.05) is 23.7 Å². The van der Waals surface area contributed by atoms with Crippen LogP contribution in [0.1, 0.15) is 11.1 Å². The maximum atomic E-state index is 12.2. The molecule has 1 nitrogen and oxygen atoms in total. The smallest absolute Gasteiger partial charge is 0.116 e. The van der Waals surface area contributed by atoms with Crippen LogP contribution in [0.4, 0.5) is 4.39 Å². The molecule has 0 aliphatic rings. The molecule has 66 valence electrons. The van der Waals surface area contributed by atoms with Crippen molar-refractivity contribution >= 4 is 11.6 Å². The predicted molar refractivity (Wildman–Crippen MR) is 49.0 cm³/mol. The third kappa shape index (κ3) is 2.19. The van der Waals surface area contributed by atoms with Crippen LogP contribution in [-0.4, -0.2) is 7.05 Å². The van der Waals surface area contributed by atoms with E-state index in [0.29, 0.717) is 10.6 Å². The fraction of sp³-hybridized carbons (Fsp3) is 0.333. The monoisotopic (exact) mass is 187 g/mol. The van der Waals surface area contributed by atoms with Gasteiger partial charge in [0.1, 0.15) is 6.67 Å². The first-order chi connectivity index (χ1) is 5.77. The number of nitrogens with one attached hydrogen (secondary N) is 1. The van der Waals surface area contributed by atoms with Crippen molar-refractivity contribution in [2.24, 2.45) is 0 Å². The molecule has 0 radical (unpaired) electrons. The molecule has 0 aromatic heterocycles. The molecule has 1 N–H and O–H groups in total. The summed E-state index contributed by atoms with van der Waals surface area (Å²) in [6.07, 6.45) is 0. The third-order valence-corrected chi connectivity index (χ3v) is 1.99. The van der Waals surface area contributed by atoms with E-state index < -0.39 is 6.67 Å². The van der Waals surface area contributed by atoms with Crippen LogP contribution in [0.15, 0.2) is 18.2 Å². The fourth-order valence-electron chi connectivity index (χ4n) is 1.01. The highest BCUT2D eigenvalue weighted by Gasteiger charge is 2.00. The van der Waals surface area contributed by atoms with E-state index in [1.807, 2.05) is 13.1 Å². The summed E-state index contributed by atoms with van der Waals surface area (Å²) >= 11 is 5.80. The molecule has 0 bridgehead atoms. The molecule has 1 rings (SSSR count). The van der Waals surface area contributed by atoms with Crippen LogP contribution in [0.2, 0.25) is 5.02 Å². The molecule has 12 heavy (non-hydrogen) atoms. The first-order valence-electron chi connectivity index (χ1n) is 3.75. The lowest BCUT2D eigenvalue weighted by Gasteiger charge is -2.03. The van der Waals surface area contributed by atoms with Gasteiger partial charge in [0.2, 0.25) is 0 Å². The van der Waals surface area contributed by atoms with E-state index in [1.165, 1.54) is 0 Å². The molecule has 0 amide bonds. The van der Waals surface area contributed by atoms with Crippen molar-refractivity contribution in [2.75, 3.05) is 7.05 Å². The van der Waals surface area contributed by atoms with Crippen LogP contribution in [0.5, 0.6) is 0 Å². The van der Waals surface area contributed by atoms with E-state index in [9.17, 15) is 4.39 Å². The highest BCUT2D eigenvalue weighted by Crippen LogP contribution is 2.18. The van der Waals surface area contributed by atoms with E-state index in [2.05, 4.69) is 5.32 Å². The first-order valence-corrected chi connectivity index (χ1v) is 4.13. The molecule has 3 heteroatoms. The number of rotatable bonds is 3. The molecular formula is C9H11ClFN. The molecule has 0 aliphatic carbocycles. The van der Waals surface area contributed by atoms with Crippen LogP contribution in [-0.2, 0) is 13.2 Å². The molecule has 0 spiro atoms. The van der Waals surface area contributed by atoms with Gasteiger partial charge in [-0.15, -0.1) is 0 Å². The van der Waals surface area contributed by atoms with E-state index in [-0.39, 0.29) is 0 Å². The molecular weight excluding hydrogens is 177 g/mol. The minimum Gasteiger partial charge on any atom is -0.316 e. The minimum atomic E-state index is -0.501. The molecule has 0 heterocycles. The van der Waals surface area contributed by atoms with Crippen LogP contribution >= 0.6 is 11.6 Å². The highest BCUT2D eigenvalue weighted by molar-refractivity contribution is 6.31. The Morgan fingerprint density at radius 1 is 1.50 bits per heavy atom. The summed E-state index contributed by atoms with van der Waals surface area (Å²) in [4.78, 5) is 0. The van der Waals surface area contributed by atoms with Crippen molar-refractivity contribution in [3.05, 3.63) is 34.3 Å². The normalized spacial score (nSPS) is 10.2. The molecule has 0 atom stereocenters. The lowest BCUT2D eigenvalue weighted by atomic mass is 10.1. The molecule has 0 saturated heterocycles. The maximum Gasteiger partial charge on any atom is 0.116 e. The summed E-state index contributed by atoms with van der Waals surface area (Å²) in [6.45, 7) is 0.255. The van der Waals surface area contributed by atoms with Crippen LogP contribution in [0, 0.1) is 0 Å². The second-order valence-corrected chi connectivity index (χ2v) is 3.00. The van der Waals surface area contributed by atoms with Gasteiger partial charge in [-0.3, -0.25) is 0 Å². The number of halogens is 2. The Balaban J connectivity index is 2.86. The number of benzene rings is 1. The van der Waals surface area contributed by atoms with E-state index in [0.717, 1.165) is 12.1 Å². The number of alkyl halides is 1. The van der Waals surface area contributed by atoms with Crippen molar-refractivity contribution in [1.29, 1.82) is 0 Å². The Hall–Kier alpha value is -0.600. The SMILES string of the molecule is CNCc1ccc(CF)c(Cl)c1. The molecule has 0 aliphatic heterocycles. The fourth-order valence-corrected chi connectivity index (χ4v) is 1.27. The van der Waals surface area contributed by atoms with Crippen molar-refractivity contribution < 1.29 is 4.39 Å². The summed E-state index contributed by atoms with van der Waals surface area (Å²) in [5, 5.41) is 3.50. The van der Waals surface area contributed by atoms with Gasteiger partial charge in [0, 0.05) is 17.1 Å². The molecule has 0 unspecified atom stereocenters. The third-order valence-electron chi connectivity index (χ3n) is 1.64. The average molecular weight is 188 g/mol. The van der Waals surface area contributed by atoms with Crippen molar-refractivity contribution in [1.82, 2.24) is 5.32 Å². The first kappa shape index (κ1) is 9.49. The molecule has 0 fully saturated rings. The van der Waals surface area contributed by atoms with Crippen molar-refractivity contribution in [2.45, 2.75) is 13.2 Å². The Labute approximate surface area is 76.5 Å². The van der Waals surface area contributed by atoms with Gasteiger partial charge in [-0.25, -0.2) is 4.39 Å². The zero-order chi connectivity index (χ0) is 8.97. The number of hydrogen-bond donors (Lipinski definition) is 1. The summed E-state index contributed by atoms with van der Waals surface area (Å²) in [5.74, 6) is 0. The standard InChI is InChI=1S/C9H11ClFN/c1-12-6-7-2-3-8(5-11)9(10)4-7/h2-4,12H,5-6H2,1H3. The zero-order valence-corrected chi connectivity index (χ0v) is 7.66. The quantitative estimate of drug-likeness (QED) is 0.767. The zero-order valence-electron chi connectivity index (χ0n) is 6.90. The summed E-state index contributed by atoms with van der Waals surface area (Å²) in [6, 6.07) is 5.37. The Kier molecular flexibility index (Phi) is 3.50. The maximum absolute atomic E-state index is 12.2. The predicted octanol–water partition coefficient (Wildman–Crippen LogP) is 2.53. The van der Waals surface area contributed by atoms with Gasteiger partial charge in [0.05, 0.1) is 0 Å². The Morgan fingerprint density at radius 2 is 2.25 bits per heavy atom. The van der Waals surface area contributed by atoms with E-state index >= 15 is 0 Å². The van der Waals surface area contributed by atoms with Gasteiger partial charge in [0.25, 0.3) is 0 Å². The van der Waals surface area contributed by atoms with Gasteiger partial charge >= 0.3 is 0 Å². The Bertz CT molecular complexity index is 263. The van der Waals surface area contributed by atoms with Crippen LogP contribution in [0.3, 0.4) is 0 Å². The highest BCUT2D eigenvalue weighted by atomic mass is 35.5. The van der Waals surface area contributed by atoms with E-state index in [4.69, 9.17) is 11.6 Å². The lowest BCUT2D eigenvalue weighted by molar-refractivity contribution is 0.485. The van der Waals surface area contributed by atoms with Crippen LogP contribution < -0.4 is 5.32 Å². The molecule has 1 aromatic carbocycles. The average Bonchev–Trinajstić information content (AvgIpc) is 2.05. The summed E-state index contributed by atoms with van der Waals surface area (Å²) < 4.78 is 12.2. The molecule has 1 aromatic rings. The Morgan fingerprint density at radius 3 is 2.75 bits per heavy atom. The summed E-state index contributed by atoms with van der Waals surface area (Å²) in [5.41, 5.74) is 1.62.